The van der Waals surface area contributed by atoms with Gasteiger partial charge in [0.05, 0.1) is 24.9 Å². The molecule has 0 spiro atoms. The Hall–Kier alpha value is -3.18. The summed E-state index contributed by atoms with van der Waals surface area (Å²) < 4.78 is 13.1. The molecule has 5 nitrogen and oxygen atoms in total. The highest BCUT2D eigenvalue weighted by molar-refractivity contribution is 6.31. The van der Waals surface area contributed by atoms with Crippen LogP contribution in [0.2, 0.25) is 5.02 Å². The molecule has 2 aromatic carbocycles. The number of carbonyl (C=O) groups excluding carboxylic acids is 1. The minimum atomic E-state index is -0.188. The van der Waals surface area contributed by atoms with Crippen LogP contribution in [0.15, 0.2) is 71.3 Å². The Morgan fingerprint density at radius 3 is 2.76 bits per heavy atom. The molecule has 0 saturated heterocycles. The van der Waals surface area contributed by atoms with Crippen molar-refractivity contribution in [2.75, 3.05) is 6.61 Å². The summed E-state index contributed by atoms with van der Waals surface area (Å²) in [6, 6.07) is 19.0. The summed E-state index contributed by atoms with van der Waals surface area (Å²) in [5, 5.41) is 4.48. The highest BCUT2D eigenvalue weighted by atomic mass is 35.5. The number of nitrogens with one attached hydrogen (secondary N) is 1. The van der Waals surface area contributed by atoms with Crippen LogP contribution in [0.1, 0.15) is 28.7 Å². The Morgan fingerprint density at radius 2 is 2.00 bits per heavy atom. The van der Waals surface area contributed by atoms with Gasteiger partial charge >= 0.3 is 0 Å². The molecule has 0 radical (unpaired) electrons. The van der Waals surface area contributed by atoms with Crippen molar-refractivity contribution >= 4 is 28.4 Å². The highest BCUT2D eigenvalue weighted by Gasteiger charge is 2.19. The molecule has 6 heteroatoms. The van der Waals surface area contributed by atoms with E-state index < -0.39 is 0 Å². The summed E-state index contributed by atoms with van der Waals surface area (Å²) in [4.78, 5) is 13.0. The first kappa shape index (κ1) is 19.2. The maximum Gasteiger partial charge on any atom is 0.268 e. The molecule has 1 N–H and O–H groups in total. The van der Waals surface area contributed by atoms with Crippen molar-refractivity contribution in [1.29, 1.82) is 0 Å². The molecular formula is C23H21ClN2O3. The lowest BCUT2D eigenvalue weighted by molar-refractivity contribution is 0.0939. The zero-order valence-electron chi connectivity index (χ0n) is 16.0. The van der Waals surface area contributed by atoms with Crippen LogP contribution < -0.4 is 10.1 Å². The van der Waals surface area contributed by atoms with E-state index in [0.717, 1.165) is 22.2 Å². The van der Waals surface area contributed by atoms with Gasteiger partial charge in [0.1, 0.15) is 17.2 Å². The quantitative estimate of drug-likeness (QED) is 0.453. The first-order valence-corrected chi connectivity index (χ1v) is 9.84. The molecule has 0 aliphatic rings. The number of carbonyl (C=O) groups is 1. The Morgan fingerprint density at radius 1 is 1.14 bits per heavy atom. The minimum Gasteiger partial charge on any atom is -0.493 e. The van der Waals surface area contributed by atoms with Crippen molar-refractivity contribution in [3.8, 4) is 5.75 Å². The van der Waals surface area contributed by atoms with E-state index >= 15 is 0 Å². The Kier molecular flexibility index (Phi) is 5.58. The maximum atomic E-state index is 13.0. The van der Waals surface area contributed by atoms with E-state index in [1.807, 2.05) is 66.1 Å². The number of benzene rings is 2. The molecule has 29 heavy (non-hydrogen) atoms. The van der Waals surface area contributed by atoms with Gasteiger partial charge in [-0.3, -0.25) is 4.79 Å². The summed E-state index contributed by atoms with van der Waals surface area (Å²) in [5.74, 6) is 1.26. The number of furan rings is 1. The minimum absolute atomic E-state index is 0.188. The van der Waals surface area contributed by atoms with Gasteiger partial charge in [0.15, 0.2) is 0 Å². The summed E-state index contributed by atoms with van der Waals surface area (Å²) >= 11 is 6.38. The molecule has 1 amide bonds. The van der Waals surface area contributed by atoms with Gasteiger partial charge in [-0.1, -0.05) is 35.9 Å². The topological polar surface area (TPSA) is 56.4 Å². The Labute approximate surface area is 173 Å². The molecule has 0 aliphatic carbocycles. The van der Waals surface area contributed by atoms with Crippen molar-refractivity contribution in [1.82, 2.24) is 9.88 Å². The molecular weight excluding hydrogens is 388 g/mol. The van der Waals surface area contributed by atoms with Gasteiger partial charge in [0.2, 0.25) is 0 Å². The van der Waals surface area contributed by atoms with Gasteiger partial charge in [-0.05, 0) is 48.9 Å². The lowest BCUT2D eigenvalue weighted by Crippen LogP contribution is -2.25. The summed E-state index contributed by atoms with van der Waals surface area (Å²) in [6.45, 7) is 3.28. The fourth-order valence-electron chi connectivity index (χ4n) is 3.37. The summed E-state index contributed by atoms with van der Waals surface area (Å²) in [5.41, 5.74) is 2.39. The van der Waals surface area contributed by atoms with E-state index in [0.29, 0.717) is 36.2 Å². The van der Waals surface area contributed by atoms with Crippen LogP contribution >= 0.6 is 11.6 Å². The predicted octanol–water partition coefficient (Wildman–Crippen LogP) is 5.26. The van der Waals surface area contributed by atoms with Crippen molar-refractivity contribution in [3.63, 3.8) is 0 Å². The monoisotopic (exact) mass is 408 g/mol. The van der Waals surface area contributed by atoms with Crippen molar-refractivity contribution in [2.45, 2.75) is 20.0 Å². The van der Waals surface area contributed by atoms with Crippen molar-refractivity contribution < 1.29 is 13.9 Å². The average molecular weight is 409 g/mol. The van der Waals surface area contributed by atoms with E-state index in [9.17, 15) is 4.79 Å². The largest absolute Gasteiger partial charge is 0.493 e. The fourth-order valence-corrected chi connectivity index (χ4v) is 3.56. The molecule has 2 heterocycles. The molecule has 0 unspecified atom stereocenters. The summed E-state index contributed by atoms with van der Waals surface area (Å²) in [7, 11) is 0. The first-order valence-electron chi connectivity index (χ1n) is 9.46. The number of hydrogen-bond acceptors (Lipinski definition) is 3. The second-order valence-corrected chi connectivity index (χ2v) is 7.00. The molecule has 0 bridgehead atoms. The van der Waals surface area contributed by atoms with Gasteiger partial charge in [-0.2, -0.15) is 0 Å². The van der Waals surface area contributed by atoms with Crippen molar-refractivity contribution in [2.24, 2.45) is 0 Å². The van der Waals surface area contributed by atoms with Gasteiger partial charge < -0.3 is 19.0 Å². The SMILES string of the molecule is CCOc1cccc2c1cc(C(=O)NCc1ccco1)n2Cc1ccccc1Cl. The highest BCUT2D eigenvalue weighted by Crippen LogP contribution is 2.30. The number of nitrogens with zero attached hydrogens (tertiary/aromatic N) is 1. The molecule has 0 saturated carbocycles. The Bertz CT molecular complexity index is 1130. The van der Waals surface area contributed by atoms with Crippen LogP contribution in [0, 0.1) is 0 Å². The average Bonchev–Trinajstić information content (AvgIpc) is 3.37. The third-order valence-corrected chi connectivity index (χ3v) is 5.10. The van der Waals surface area contributed by atoms with E-state index in [2.05, 4.69) is 5.32 Å². The predicted molar refractivity (Wildman–Crippen MR) is 114 cm³/mol. The summed E-state index contributed by atoms with van der Waals surface area (Å²) in [6.07, 6.45) is 1.59. The van der Waals surface area contributed by atoms with Crippen LogP contribution in [-0.2, 0) is 13.1 Å². The standard InChI is InChI=1S/C23H21ClN2O3/c1-2-28-22-11-5-10-20-18(22)13-21(23(27)25-14-17-8-6-12-29-17)26(20)15-16-7-3-4-9-19(16)24/h3-13H,2,14-15H2,1H3,(H,25,27). The van der Waals surface area contributed by atoms with Crippen LogP contribution in [0.3, 0.4) is 0 Å². The van der Waals surface area contributed by atoms with E-state index in [1.54, 1.807) is 12.3 Å². The number of aromatic nitrogens is 1. The number of amides is 1. The number of ether oxygens (including phenoxy) is 1. The van der Waals surface area contributed by atoms with Gasteiger partial charge in [-0.25, -0.2) is 0 Å². The number of hydrogen-bond donors (Lipinski definition) is 1. The van der Waals surface area contributed by atoms with Crippen LogP contribution in [0.4, 0.5) is 0 Å². The second-order valence-electron chi connectivity index (χ2n) is 6.59. The molecule has 0 fully saturated rings. The lowest BCUT2D eigenvalue weighted by Gasteiger charge is -2.12. The molecule has 0 aliphatic heterocycles. The lowest BCUT2D eigenvalue weighted by atomic mass is 10.2. The van der Waals surface area contributed by atoms with Gasteiger partial charge in [0, 0.05) is 17.0 Å². The maximum absolute atomic E-state index is 13.0. The number of rotatable bonds is 7. The third kappa shape index (κ3) is 4.00. The normalized spacial score (nSPS) is 11.0. The van der Waals surface area contributed by atoms with Crippen LogP contribution in [0.5, 0.6) is 5.75 Å². The second kappa shape index (κ2) is 8.45. The van der Waals surface area contributed by atoms with Crippen LogP contribution in [0.25, 0.3) is 10.9 Å². The van der Waals surface area contributed by atoms with Gasteiger partial charge in [-0.15, -0.1) is 0 Å². The van der Waals surface area contributed by atoms with Crippen molar-refractivity contribution in [3.05, 3.63) is 89.0 Å². The zero-order valence-corrected chi connectivity index (χ0v) is 16.8. The van der Waals surface area contributed by atoms with E-state index in [-0.39, 0.29) is 5.91 Å². The fraction of sp³-hybridized carbons (Fsp3) is 0.174. The van der Waals surface area contributed by atoms with E-state index in [1.165, 1.54) is 0 Å². The number of halogens is 1. The molecule has 4 rings (SSSR count). The smallest absolute Gasteiger partial charge is 0.268 e. The molecule has 4 aromatic rings. The van der Waals surface area contributed by atoms with E-state index in [4.69, 9.17) is 20.8 Å². The molecule has 2 aromatic heterocycles. The molecule has 0 atom stereocenters. The zero-order chi connectivity index (χ0) is 20.2. The van der Waals surface area contributed by atoms with Gasteiger partial charge in [0.25, 0.3) is 5.91 Å². The Balaban J connectivity index is 1.75. The number of fused-ring (bicyclic) bond motifs is 1. The first-order chi connectivity index (χ1) is 14.2. The third-order valence-electron chi connectivity index (χ3n) is 4.73. The van der Waals surface area contributed by atoms with Crippen LogP contribution in [-0.4, -0.2) is 17.1 Å². The molecule has 148 valence electrons.